The maximum absolute atomic E-state index is 12.4. The fourth-order valence-corrected chi connectivity index (χ4v) is 7.38. The van der Waals surface area contributed by atoms with Gasteiger partial charge in [-0.05, 0) is 39.1 Å². The van der Waals surface area contributed by atoms with Crippen LogP contribution in [0.3, 0.4) is 0 Å². The van der Waals surface area contributed by atoms with E-state index in [1.165, 1.54) is 0 Å². The van der Waals surface area contributed by atoms with Crippen LogP contribution in [0.2, 0.25) is 0 Å². The second-order valence-corrected chi connectivity index (χ2v) is 14.5. The summed E-state index contributed by atoms with van der Waals surface area (Å²) in [6.07, 6.45) is 0.247. The molecule has 45 heavy (non-hydrogen) atoms. The summed E-state index contributed by atoms with van der Waals surface area (Å²) in [6, 6.07) is 0. The lowest BCUT2D eigenvalue weighted by atomic mass is 9.96. The number of aliphatic hydroxyl groups excluding tert-OH is 1. The molecule has 24 heteroatoms. The Morgan fingerprint density at radius 2 is 1.71 bits per heavy atom. The number of aromatic amines is 1. The Morgan fingerprint density at radius 1 is 1.07 bits per heavy atom. The van der Waals surface area contributed by atoms with E-state index in [0.717, 1.165) is 48.8 Å². The van der Waals surface area contributed by atoms with E-state index in [1.54, 1.807) is 0 Å². The van der Waals surface area contributed by atoms with Crippen molar-refractivity contribution in [1.82, 2.24) is 25.1 Å². The summed E-state index contributed by atoms with van der Waals surface area (Å²) in [5.41, 5.74) is -1.98. The first-order valence-electron chi connectivity index (χ1n) is 13.2. The number of carbonyl (C=O) groups is 2. The number of piperidine rings is 1. The van der Waals surface area contributed by atoms with E-state index in [0.29, 0.717) is 0 Å². The zero-order chi connectivity index (χ0) is 33.6. The molecular formula is C21H34N5O16P3. The first-order valence-corrected chi connectivity index (χ1v) is 17.8. The molecule has 0 aromatic carbocycles. The number of ether oxygens (including phenoxy) is 1. The van der Waals surface area contributed by atoms with Gasteiger partial charge in [-0.15, -0.1) is 0 Å². The third kappa shape index (κ3) is 12.1. The molecule has 254 valence electrons. The van der Waals surface area contributed by atoms with Crippen LogP contribution in [0, 0.1) is 5.92 Å². The van der Waals surface area contributed by atoms with Gasteiger partial charge in [-0.25, -0.2) is 18.5 Å². The average molecular weight is 705 g/mol. The Balaban J connectivity index is 1.53. The molecule has 2 saturated heterocycles. The first-order chi connectivity index (χ1) is 20.8. The summed E-state index contributed by atoms with van der Waals surface area (Å²) in [4.78, 5) is 89.3. The van der Waals surface area contributed by atoms with E-state index in [-0.39, 0.29) is 36.9 Å². The van der Waals surface area contributed by atoms with Crippen molar-refractivity contribution in [1.29, 1.82) is 0 Å². The molecule has 3 unspecified atom stereocenters. The van der Waals surface area contributed by atoms with Crippen molar-refractivity contribution in [3.05, 3.63) is 38.7 Å². The molecule has 21 nitrogen and oxygen atoms in total. The molecule has 5 atom stereocenters. The molecule has 0 radical (unpaired) electrons. The third-order valence-corrected chi connectivity index (χ3v) is 10.4. The second-order valence-electron chi connectivity index (χ2n) is 10.1. The van der Waals surface area contributed by atoms with Crippen LogP contribution in [0.25, 0.3) is 6.08 Å². The minimum Gasteiger partial charge on any atom is -0.390 e. The summed E-state index contributed by atoms with van der Waals surface area (Å²) < 4.78 is 52.1. The van der Waals surface area contributed by atoms with Gasteiger partial charge in [0.05, 0.1) is 18.3 Å². The molecule has 2 aliphatic heterocycles. The zero-order valence-corrected chi connectivity index (χ0v) is 26.3. The van der Waals surface area contributed by atoms with Gasteiger partial charge < -0.3 is 45.0 Å². The fraction of sp³-hybridized carbons (Fsp3) is 0.619. The molecule has 0 saturated carbocycles. The molecular weight excluding hydrogens is 671 g/mol. The Labute approximate surface area is 254 Å². The van der Waals surface area contributed by atoms with Crippen LogP contribution in [-0.4, -0.2) is 103 Å². The summed E-state index contributed by atoms with van der Waals surface area (Å²) in [6.45, 7) is 1.00. The van der Waals surface area contributed by atoms with Crippen molar-refractivity contribution in [3.63, 3.8) is 0 Å². The predicted octanol–water partition coefficient (Wildman–Crippen LogP) is -1.88. The number of H-pyrrole nitrogens is 1. The van der Waals surface area contributed by atoms with Gasteiger partial charge in [-0.2, -0.15) is 8.62 Å². The van der Waals surface area contributed by atoms with Gasteiger partial charge in [0.15, 0.2) is 0 Å². The Bertz CT molecular complexity index is 1520. The van der Waals surface area contributed by atoms with E-state index in [2.05, 4.69) is 28.7 Å². The van der Waals surface area contributed by atoms with E-state index in [9.17, 15) is 47.8 Å². The number of aliphatic hydroxyl groups is 1. The van der Waals surface area contributed by atoms with Gasteiger partial charge in [-0.3, -0.25) is 28.5 Å². The van der Waals surface area contributed by atoms with E-state index < -0.39 is 65.7 Å². The number of amides is 2. The number of likely N-dealkylation sites (tertiary alicyclic amines) is 1. The van der Waals surface area contributed by atoms with Crippen LogP contribution in [0.1, 0.15) is 31.1 Å². The van der Waals surface area contributed by atoms with Crippen molar-refractivity contribution in [2.75, 3.05) is 39.8 Å². The number of phosphoric ester groups is 1. The number of rotatable bonds is 14. The lowest BCUT2D eigenvalue weighted by Gasteiger charge is -2.28. The summed E-state index contributed by atoms with van der Waals surface area (Å²) >= 11 is 0. The van der Waals surface area contributed by atoms with Crippen molar-refractivity contribution in [2.24, 2.45) is 5.92 Å². The quantitative estimate of drug-likeness (QED) is 0.0596. The SMILES string of the molecule is CN1CCC(C(=O)NCCNC(=O)/C=C/c2cn([C@H]3CC(O)[C@@H](COP(=O)(O)OP(=O)(O)OP(=O)(O)O)O3)c(=O)[nH]c2=O)CC1. The lowest BCUT2D eigenvalue weighted by molar-refractivity contribution is -0.126. The molecule has 3 rings (SSSR count). The molecule has 1 aromatic rings. The van der Waals surface area contributed by atoms with E-state index in [1.807, 2.05) is 12.0 Å². The van der Waals surface area contributed by atoms with Crippen molar-refractivity contribution in [3.8, 4) is 0 Å². The summed E-state index contributed by atoms with van der Waals surface area (Å²) in [5.74, 6) is -0.765. The highest BCUT2D eigenvalue weighted by Gasteiger charge is 2.43. The van der Waals surface area contributed by atoms with Gasteiger partial charge in [0, 0.05) is 37.7 Å². The number of hydrogen-bond donors (Lipinski definition) is 8. The van der Waals surface area contributed by atoms with Crippen LogP contribution < -0.4 is 21.9 Å². The number of hydrogen-bond acceptors (Lipinski definition) is 13. The van der Waals surface area contributed by atoms with Gasteiger partial charge in [0.25, 0.3) is 5.56 Å². The smallest absolute Gasteiger partial charge is 0.390 e. The molecule has 0 spiro atoms. The number of nitrogens with zero attached hydrogens (tertiary/aromatic N) is 2. The van der Waals surface area contributed by atoms with Gasteiger partial charge in [0.1, 0.15) is 12.3 Å². The molecule has 0 aliphatic carbocycles. The van der Waals surface area contributed by atoms with Crippen molar-refractivity contribution >= 4 is 41.4 Å². The molecule has 2 fully saturated rings. The third-order valence-electron chi connectivity index (χ3n) is 6.55. The van der Waals surface area contributed by atoms with Crippen LogP contribution in [-0.2, 0) is 41.2 Å². The first kappa shape index (κ1) is 37.1. The molecule has 2 aliphatic rings. The number of phosphoric acid groups is 3. The van der Waals surface area contributed by atoms with Gasteiger partial charge in [0.2, 0.25) is 11.8 Å². The lowest BCUT2D eigenvalue weighted by Crippen LogP contribution is -2.41. The highest BCUT2D eigenvalue weighted by molar-refractivity contribution is 7.66. The Kier molecular flexibility index (Phi) is 12.8. The predicted molar refractivity (Wildman–Crippen MR) is 151 cm³/mol. The topological polar surface area (TPSA) is 306 Å². The normalized spacial score (nSPS) is 24.3. The maximum Gasteiger partial charge on any atom is 0.490 e. The van der Waals surface area contributed by atoms with E-state index in [4.69, 9.17) is 14.5 Å². The Hall–Kier alpha value is -2.35. The standard InChI is InChI=1S/C21H34N5O16P3/c1-25-8-4-13(5-9-25)19(29)23-7-6-22-17(28)3-2-14-11-26(21(31)24-20(14)30)18-10-15(27)16(40-18)12-39-44(35,36)42-45(37,38)41-43(32,33)34/h2-3,11,13,15-16,18,27H,4-10,12H2,1H3,(H,22,28)(H,23,29)(H,35,36)(H,37,38)(H,24,30,31)(H2,32,33,34)/b3-2+/t15?,16-,18-/m1/s1. The van der Waals surface area contributed by atoms with Crippen LogP contribution in [0.15, 0.2) is 21.9 Å². The molecule has 8 N–H and O–H groups in total. The van der Waals surface area contributed by atoms with Gasteiger partial charge in [-0.1, -0.05) is 0 Å². The van der Waals surface area contributed by atoms with Crippen LogP contribution in [0.4, 0.5) is 0 Å². The second kappa shape index (κ2) is 15.5. The largest absolute Gasteiger partial charge is 0.490 e. The van der Waals surface area contributed by atoms with Crippen molar-refractivity contribution in [2.45, 2.75) is 37.7 Å². The molecule has 0 bridgehead atoms. The molecule has 2 amide bonds. The Morgan fingerprint density at radius 3 is 2.36 bits per heavy atom. The number of aromatic nitrogens is 2. The molecule has 1 aromatic heterocycles. The zero-order valence-electron chi connectivity index (χ0n) is 23.7. The minimum atomic E-state index is -5.76. The fourth-order valence-electron chi connectivity index (χ4n) is 4.35. The average Bonchev–Trinajstić information content (AvgIpc) is 3.27. The van der Waals surface area contributed by atoms with E-state index >= 15 is 0 Å². The van der Waals surface area contributed by atoms with Crippen molar-refractivity contribution < 1.29 is 65.8 Å². The molecule has 3 heterocycles. The monoisotopic (exact) mass is 705 g/mol. The highest BCUT2D eigenvalue weighted by atomic mass is 31.3. The van der Waals surface area contributed by atoms with Crippen LogP contribution >= 0.6 is 23.5 Å². The highest BCUT2D eigenvalue weighted by Crippen LogP contribution is 2.66. The summed E-state index contributed by atoms with van der Waals surface area (Å²) in [5, 5.41) is 15.6. The number of carbonyl (C=O) groups excluding carboxylic acids is 2. The number of nitrogens with one attached hydrogen (secondary N) is 3. The maximum atomic E-state index is 12.4. The minimum absolute atomic E-state index is 0.0816. The van der Waals surface area contributed by atoms with Gasteiger partial charge >= 0.3 is 29.2 Å². The summed E-state index contributed by atoms with van der Waals surface area (Å²) in [7, 11) is -14.9. The van der Waals surface area contributed by atoms with Crippen LogP contribution in [0.5, 0.6) is 0 Å².